The lowest BCUT2D eigenvalue weighted by molar-refractivity contribution is 0.101. The molecule has 0 spiro atoms. The number of alkyl halides is 1. The van der Waals surface area contributed by atoms with Gasteiger partial charge in [-0.05, 0) is 6.92 Å². The number of nitrogens with two attached hydrogens (primary N) is 1. The molecule has 0 aliphatic rings. The summed E-state index contributed by atoms with van der Waals surface area (Å²) in [6.07, 6.45) is 0. The summed E-state index contributed by atoms with van der Waals surface area (Å²) in [7, 11) is 0. The Labute approximate surface area is 181 Å². The van der Waals surface area contributed by atoms with Crippen LogP contribution in [-0.2, 0) is 0 Å². The SMILES string of the molecule is CCO.Nc1nc(-c2c(F)cc(F)cc2F)cs1.O=C(CCl)c1c(F)cc(F)cc1F. The minimum absolute atomic E-state index is 0.0764. The highest BCUT2D eigenvalue weighted by atomic mass is 35.5. The number of aliphatic hydroxyl groups is 1. The van der Waals surface area contributed by atoms with Crippen LogP contribution in [0.3, 0.4) is 0 Å². The van der Waals surface area contributed by atoms with Gasteiger partial charge in [0.25, 0.3) is 0 Å². The van der Waals surface area contributed by atoms with E-state index in [0.29, 0.717) is 24.3 Å². The number of hydrogen-bond acceptors (Lipinski definition) is 5. The van der Waals surface area contributed by atoms with Gasteiger partial charge in [0, 0.05) is 36.3 Å². The number of Topliss-reactive ketones (excluding diaryl/α,β-unsaturated/α-hetero) is 1. The Bertz CT molecular complexity index is 1000. The van der Waals surface area contributed by atoms with Crippen LogP contribution >= 0.6 is 22.9 Å². The van der Waals surface area contributed by atoms with Gasteiger partial charge in [0.05, 0.1) is 22.7 Å². The predicted octanol–water partition coefficient (Wildman–Crippen LogP) is 5.33. The molecule has 0 aliphatic heterocycles. The maximum Gasteiger partial charge on any atom is 0.183 e. The highest BCUT2D eigenvalue weighted by Crippen LogP contribution is 2.28. The second-order valence-corrected chi connectivity index (χ2v) is 6.59. The van der Waals surface area contributed by atoms with Crippen LogP contribution in [-0.4, -0.2) is 28.4 Å². The third-order valence-electron chi connectivity index (χ3n) is 3.19. The third-order valence-corrected chi connectivity index (χ3v) is 4.11. The van der Waals surface area contributed by atoms with E-state index in [1.165, 1.54) is 5.38 Å². The van der Waals surface area contributed by atoms with E-state index in [1.807, 2.05) is 0 Å². The summed E-state index contributed by atoms with van der Waals surface area (Å²) in [5.41, 5.74) is 4.26. The summed E-state index contributed by atoms with van der Waals surface area (Å²) in [6.45, 7) is 1.93. The first-order chi connectivity index (χ1) is 14.5. The fourth-order valence-electron chi connectivity index (χ4n) is 2.06. The van der Waals surface area contributed by atoms with Crippen LogP contribution in [0.25, 0.3) is 11.3 Å². The molecule has 1 heterocycles. The van der Waals surface area contributed by atoms with Crippen LogP contribution < -0.4 is 5.73 Å². The molecule has 0 saturated carbocycles. The van der Waals surface area contributed by atoms with Crippen molar-refractivity contribution in [1.29, 1.82) is 0 Å². The molecule has 0 atom stereocenters. The summed E-state index contributed by atoms with van der Waals surface area (Å²) >= 11 is 6.15. The molecule has 0 saturated heterocycles. The molecule has 3 rings (SSSR count). The van der Waals surface area contributed by atoms with E-state index in [-0.39, 0.29) is 23.0 Å². The van der Waals surface area contributed by atoms with Gasteiger partial charge in [0.1, 0.15) is 34.9 Å². The quantitative estimate of drug-likeness (QED) is 0.299. The summed E-state index contributed by atoms with van der Waals surface area (Å²) in [5.74, 6) is -7.92. The van der Waals surface area contributed by atoms with Crippen LogP contribution in [0.2, 0.25) is 0 Å². The predicted molar refractivity (Wildman–Crippen MR) is 106 cm³/mol. The van der Waals surface area contributed by atoms with Crippen molar-refractivity contribution in [3.8, 4) is 11.3 Å². The Morgan fingerprint density at radius 2 is 1.42 bits per heavy atom. The van der Waals surface area contributed by atoms with Crippen LogP contribution in [0.1, 0.15) is 17.3 Å². The molecule has 1 aromatic heterocycles. The molecule has 0 aliphatic carbocycles. The number of aromatic nitrogens is 1. The monoisotopic (exact) mass is 484 g/mol. The zero-order chi connectivity index (χ0) is 23.7. The van der Waals surface area contributed by atoms with Crippen LogP contribution in [0.5, 0.6) is 0 Å². The molecule has 168 valence electrons. The molecular formula is C19H15ClF6N2O2S. The molecule has 3 aromatic rings. The Morgan fingerprint density at radius 1 is 1.00 bits per heavy atom. The molecule has 31 heavy (non-hydrogen) atoms. The summed E-state index contributed by atoms with van der Waals surface area (Å²) < 4.78 is 77.0. The molecule has 0 radical (unpaired) electrons. The molecule has 0 fully saturated rings. The minimum Gasteiger partial charge on any atom is -0.397 e. The number of benzene rings is 2. The van der Waals surface area contributed by atoms with Crippen LogP contribution in [0, 0.1) is 34.9 Å². The highest BCUT2D eigenvalue weighted by Gasteiger charge is 2.18. The molecule has 2 aromatic carbocycles. The van der Waals surface area contributed by atoms with Gasteiger partial charge in [-0.15, -0.1) is 22.9 Å². The van der Waals surface area contributed by atoms with Crippen molar-refractivity contribution in [2.24, 2.45) is 0 Å². The third kappa shape index (κ3) is 7.53. The first-order valence-electron chi connectivity index (χ1n) is 8.26. The highest BCUT2D eigenvalue weighted by molar-refractivity contribution is 7.13. The van der Waals surface area contributed by atoms with E-state index in [0.717, 1.165) is 11.3 Å². The lowest BCUT2D eigenvalue weighted by atomic mass is 10.1. The molecule has 0 bridgehead atoms. The summed E-state index contributed by atoms with van der Waals surface area (Å²) in [6, 6.07) is 2.08. The molecule has 3 N–H and O–H groups in total. The number of nitrogens with zero attached hydrogens (tertiary/aromatic N) is 1. The molecule has 4 nitrogen and oxygen atoms in total. The Morgan fingerprint density at radius 3 is 1.77 bits per heavy atom. The maximum absolute atomic E-state index is 13.3. The Kier molecular flexibility index (Phi) is 10.5. The number of thiazole rings is 1. The standard InChI is InChI=1S/C9H5F3N2S.C8H4ClF3O.C2H6O/c10-4-1-5(11)8(6(12)2-4)7-3-15-9(13)14-7;9-3-7(13)8-5(11)1-4(10)2-6(8)12;1-2-3/h1-3H,(H2,13,14);1-2H,3H2;3H,2H2,1H3. The van der Waals surface area contributed by atoms with E-state index in [9.17, 15) is 31.1 Å². The van der Waals surface area contributed by atoms with Gasteiger partial charge in [0.2, 0.25) is 0 Å². The Hall–Kier alpha value is -2.63. The van der Waals surface area contributed by atoms with Crippen molar-refractivity contribution < 1.29 is 36.2 Å². The average molecular weight is 485 g/mol. The zero-order valence-corrected chi connectivity index (χ0v) is 17.3. The van der Waals surface area contributed by atoms with Crippen molar-refractivity contribution in [3.63, 3.8) is 0 Å². The lowest BCUT2D eigenvalue weighted by Crippen LogP contribution is -2.07. The summed E-state index contributed by atoms with van der Waals surface area (Å²) in [4.78, 5) is 14.6. The van der Waals surface area contributed by atoms with E-state index in [2.05, 4.69) is 4.98 Å². The minimum atomic E-state index is -1.23. The van der Waals surface area contributed by atoms with Crippen molar-refractivity contribution in [3.05, 3.63) is 70.1 Å². The molecule has 0 unspecified atom stereocenters. The number of carbonyl (C=O) groups is 1. The normalized spacial score (nSPS) is 9.97. The second-order valence-electron chi connectivity index (χ2n) is 5.43. The van der Waals surface area contributed by atoms with E-state index in [4.69, 9.17) is 22.4 Å². The Balaban J connectivity index is 0.000000278. The maximum atomic E-state index is 13.3. The number of ketones is 1. The number of anilines is 1. The fourth-order valence-corrected chi connectivity index (χ4v) is 2.75. The topological polar surface area (TPSA) is 76.2 Å². The first-order valence-corrected chi connectivity index (χ1v) is 9.67. The largest absolute Gasteiger partial charge is 0.397 e. The zero-order valence-electron chi connectivity index (χ0n) is 15.7. The van der Waals surface area contributed by atoms with Crippen molar-refractivity contribution >= 4 is 33.9 Å². The molecular weight excluding hydrogens is 470 g/mol. The van der Waals surface area contributed by atoms with Gasteiger partial charge in [-0.25, -0.2) is 31.3 Å². The fraction of sp³-hybridized carbons (Fsp3) is 0.158. The lowest BCUT2D eigenvalue weighted by Gasteiger charge is -2.01. The number of hydrogen-bond donors (Lipinski definition) is 2. The number of carbonyl (C=O) groups excluding carboxylic acids is 1. The van der Waals surface area contributed by atoms with E-state index < -0.39 is 52.1 Å². The van der Waals surface area contributed by atoms with Crippen LogP contribution in [0.15, 0.2) is 29.6 Å². The molecule has 12 heteroatoms. The number of rotatable bonds is 3. The van der Waals surface area contributed by atoms with Gasteiger partial charge in [-0.3, -0.25) is 4.79 Å². The van der Waals surface area contributed by atoms with Crippen molar-refractivity contribution in [2.75, 3.05) is 18.2 Å². The average Bonchev–Trinajstić information content (AvgIpc) is 3.07. The van der Waals surface area contributed by atoms with Crippen LogP contribution in [0.4, 0.5) is 31.5 Å². The van der Waals surface area contributed by atoms with Gasteiger partial charge >= 0.3 is 0 Å². The smallest absolute Gasteiger partial charge is 0.183 e. The number of aliphatic hydroxyl groups excluding tert-OH is 1. The van der Waals surface area contributed by atoms with Gasteiger partial charge in [0.15, 0.2) is 10.9 Å². The second kappa shape index (κ2) is 12.3. The van der Waals surface area contributed by atoms with Gasteiger partial charge in [-0.2, -0.15) is 0 Å². The van der Waals surface area contributed by atoms with Crippen molar-refractivity contribution in [2.45, 2.75) is 6.92 Å². The number of nitrogen functional groups attached to an aromatic ring is 1. The van der Waals surface area contributed by atoms with E-state index in [1.54, 1.807) is 6.92 Å². The van der Waals surface area contributed by atoms with Gasteiger partial charge < -0.3 is 10.8 Å². The first kappa shape index (κ1) is 26.4. The number of halogens is 7. The van der Waals surface area contributed by atoms with Gasteiger partial charge in [-0.1, -0.05) is 0 Å². The molecule has 0 amide bonds. The summed E-state index contributed by atoms with van der Waals surface area (Å²) in [5, 5.41) is 9.18. The van der Waals surface area contributed by atoms with Crippen molar-refractivity contribution in [1.82, 2.24) is 4.98 Å². The van der Waals surface area contributed by atoms with E-state index >= 15 is 0 Å².